The highest BCUT2D eigenvalue weighted by Crippen LogP contribution is 2.13. The molecule has 0 radical (unpaired) electrons. The van der Waals surface area contributed by atoms with Crippen LogP contribution in [0.15, 0.2) is 66.7 Å². The lowest BCUT2D eigenvalue weighted by Gasteiger charge is -2.10. The molecule has 200 valence electrons. The fraction of sp³-hybridized carbons (Fsp3) is 0.393. The normalized spacial score (nSPS) is 9.47. The van der Waals surface area contributed by atoms with Gasteiger partial charge in [0.2, 0.25) is 0 Å². The van der Waals surface area contributed by atoms with Crippen molar-refractivity contribution in [2.75, 3.05) is 26.4 Å². The van der Waals surface area contributed by atoms with Gasteiger partial charge in [-0.15, -0.1) is 0 Å². The molecule has 0 saturated heterocycles. The second-order valence-electron chi connectivity index (χ2n) is 6.60. The van der Waals surface area contributed by atoms with Crippen LogP contribution in [-0.4, -0.2) is 49.8 Å². The standard InChI is InChI=1S/C22H24O7.C4H8.C2H6.H2O/c1-2-20(23)27-14-12-26-13-15-28-21(24)18-10-6-7-11-19(18)22(25)29-16-17-8-4-3-5-9-17;1-3-4-2;1-2;/h3-11H,2,12-16H2,1H3;3-4H,1-2H3;1-2H3;1H2/b;4-3-;;. The summed E-state index contributed by atoms with van der Waals surface area (Å²) in [5.74, 6) is -1.54. The molecule has 0 atom stereocenters. The van der Waals surface area contributed by atoms with E-state index in [1.54, 1.807) is 19.1 Å². The van der Waals surface area contributed by atoms with E-state index in [0.29, 0.717) is 6.42 Å². The fourth-order valence-electron chi connectivity index (χ4n) is 2.33. The first-order chi connectivity index (χ1) is 17.0. The van der Waals surface area contributed by atoms with Gasteiger partial charge in [-0.1, -0.05) is 75.4 Å². The molecule has 0 aromatic heterocycles. The molecule has 2 aromatic rings. The van der Waals surface area contributed by atoms with Crippen LogP contribution in [0.5, 0.6) is 0 Å². The van der Waals surface area contributed by atoms with Gasteiger partial charge in [-0.25, -0.2) is 9.59 Å². The van der Waals surface area contributed by atoms with Gasteiger partial charge < -0.3 is 24.4 Å². The van der Waals surface area contributed by atoms with Crippen molar-refractivity contribution in [1.29, 1.82) is 0 Å². The summed E-state index contributed by atoms with van der Waals surface area (Å²) in [6.45, 7) is 10.3. The summed E-state index contributed by atoms with van der Waals surface area (Å²) in [5, 5.41) is 0. The SMILES string of the molecule is C/C=C\C.CC.CCC(=O)OCCOCCOC(=O)c1ccccc1C(=O)OCc1ccccc1.O. The zero-order valence-electron chi connectivity index (χ0n) is 22.0. The Balaban J connectivity index is 0. The third-order valence-electron chi connectivity index (χ3n) is 4.15. The maximum absolute atomic E-state index is 12.4. The van der Waals surface area contributed by atoms with Crippen molar-refractivity contribution < 1.29 is 38.8 Å². The molecule has 2 N–H and O–H groups in total. The number of hydrogen-bond donors (Lipinski definition) is 0. The van der Waals surface area contributed by atoms with Crippen LogP contribution < -0.4 is 0 Å². The summed E-state index contributed by atoms with van der Waals surface area (Å²) in [4.78, 5) is 35.7. The molecule has 2 aromatic carbocycles. The molecule has 0 heterocycles. The number of carbonyl (C=O) groups excluding carboxylic acids is 3. The zero-order valence-corrected chi connectivity index (χ0v) is 22.0. The smallest absolute Gasteiger partial charge is 0.339 e. The Hall–Kier alpha value is -3.49. The number of allylic oxidation sites excluding steroid dienone is 2. The van der Waals surface area contributed by atoms with E-state index in [2.05, 4.69) is 0 Å². The molecule has 0 amide bonds. The highest BCUT2D eigenvalue weighted by Gasteiger charge is 2.19. The van der Waals surface area contributed by atoms with Gasteiger partial charge in [-0.3, -0.25) is 4.79 Å². The number of rotatable bonds is 11. The third-order valence-corrected chi connectivity index (χ3v) is 4.15. The van der Waals surface area contributed by atoms with Crippen molar-refractivity contribution in [3.63, 3.8) is 0 Å². The predicted octanol–water partition coefficient (Wildman–Crippen LogP) is 4.95. The average Bonchev–Trinajstić information content (AvgIpc) is 2.92. The van der Waals surface area contributed by atoms with E-state index in [4.69, 9.17) is 18.9 Å². The molecular formula is C28H40O8. The fourth-order valence-corrected chi connectivity index (χ4v) is 2.33. The second kappa shape index (κ2) is 23.3. The van der Waals surface area contributed by atoms with E-state index in [1.807, 2.05) is 70.2 Å². The maximum atomic E-state index is 12.4. The Kier molecular flexibility index (Phi) is 22.4. The van der Waals surface area contributed by atoms with Crippen LogP contribution in [0, 0.1) is 0 Å². The summed E-state index contributed by atoms with van der Waals surface area (Å²) in [7, 11) is 0. The molecular weight excluding hydrogens is 464 g/mol. The van der Waals surface area contributed by atoms with Gasteiger partial charge in [0.15, 0.2) is 0 Å². The highest BCUT2D eigenvalue weighted by atomic mass is 16.6. The van der Waals surface area contributed by atoms with E-state index < -0.39 is 11.9 Å². The largest absolute Gasteiger partial charge is 0.463 e. The number of esters is 3. The molecule has 0 aliphatic carbocycles. The van der Waals surface area contributed by atoms with Crippen molar-refractivity contribution in [3.8, 4) is 0 Å². The summed E-state index contributed by atoms with van der Waals surface area (Å²) in [6, 6.07) is 15.6. The topological polar surface area (TPSA) is 120 Å². The van der Waals surface area contributed by atoms with Crippen LogP contribution in [-0.2, 0) is 30.3 Å². The summed E-state index contributed by atoms with van der Waals surface area (Å²) in [6.07, 6.45) is 4.31. The minimum atomic E-state index is -0.640. The summed E-state index contributed by atoms with van der Waals surface area (Å²) in [5.41, 5.74) is 1.12. The molecule has 0 bridgehead atoms. The van der Waals surface area contributed by atoms with E-state index in [0.717, 1.165) is 5.56 Å². The molecule has 2 rings (SSSR count). The monoisotopic (exact) mass is 504 g/mol. The summed E-state index contributed by atoms with van der Waals surface area (Å²) >= 11 is 0. The van der Waals surface area contributed by atoms with Crippen LogP contribution in [0.1, 0.15) is 67.3 Å². The predicted molar refractivity (Wildman–Crippen MR) is 140 cm³/mol. The van der Waals surface area contributed by atoms with Crippen molar-refractivity contribution in [3.05, 3.63) is 83.4 Å². The lowest BCUT2D eigenvalue weighted by Crippen LogP contribution is -2.17. The first-order valence-electron chi connectivity index (χ1n) is 11.8. The van der Waals surface area contributed by atoms with Crippen LogP contribution >= 0.6 is 0 Å². The lowest BCUT2D eigenvalue weighted by molar-refractivity contribution is -0.144. The van der Waals surface area contributed by atoms with Gasteiger partial charge in [0.1, 0.15) is 19.8 Å². The lowest BCUT2D eigenvalue weighted by atomic mass is 10.1. The Bertz CT molecular complexity index is 874. The second-order valence-corrected chi connectivity index (χ2v) is 6.60. The maximum Gasteiger partial charge on any atom is 0.339 e. The third kappa shape index (κ3) is 15.4. The molecule has 8 heteroatoms. The first kappa shape index (κ1) is 34.7. The quantitative estimate of drug-likeness (QED) is 0.184. The first-order valence-corrected chi connectivity index (χ1v) is 11.8. The molecule has 8 nitrogen and oxygen atoms in total. The molecule has 0 aliphatic heterocycles. The van der Waals surface area contributed by atoms with Gasteiger partial charge >= 0.3 is 17.9 Å². The van der Waals surface area contributed by atoms with Crippen molar-refractivity contribution >= 4 is 17.9 Å². The Morgan fingerprint density at radius 2 is 1.17 bits per heavy atom. The van der Waals surface area contributed by atoms with Crippen molar-refractivity contribution in [1.82, 2.24) is 0 Å². The Morgan fingerprint density at radius 3 is 1.67 bits per heavy atom. The number of ether oxygens (including phenoxy) is 4. The van der Waals surface area contributed by atoms with E-state index in [-0.39, 0.29) is 55.6 Å². The number of hydrogen-bond acceptors (Lipinski definition) is 7. The molecule has 36 heavy (non-hydrogen) atoms. The summed E-state index contributed by atoms with van der Waals surface area (Å²) < 4.78 is 20.5. The van der Waals surface area contributed by atoms with Gasteiger partial charge in [-0.05, 0) is 31.5 Å². The van der Waals surface area contributed by atoms with Gasteiger partial charge in [0.25, 0.3) is 0 Å². The zero-order chi connectivity index (χ0) is 26.3. The Morgan fingerprint density at radius 1 is 0.694 bits per heavy atom. The molecule has 0 fully saturated rings. The van der Waals surface area contributed by atoms with Crippen LogP contribution in [0.3, 0.4) is 0 Å². The number of benzene rings is 2. The average molecular weight is 505 g/mol. The minimum absolute atomic E-state index is 0. The van der Waals surface area contributed by atoms with E-state index >= 15 is 0 Å². The minimum Gasteiger partial charge on any atom is -0.463 e. The molecule has 0 unspecified atom stereocenters. The van der Waals surface area contributed by atoms with Gasteiger partial charge in [-0.2, -0.15) is 0 Å². The molecule has 0 aliphatic rings. The van der Waals surface area contributed by atoms with E-state index in [9.17, 15) is 14.4 Å². The van der Waals surface area contributed by atoms with Crippen LogP contribution in [0.4, 0.5) is 0 Å². The van der Waals surface area contributed by atoms with Crippen molar-refractivity contribution in [2.24, 2.45) is 0 Å². The van der Waals surface area contributed by atoms with Crippen molar-refractivity contribution in [2.45, 2.75) is 47.6 Å². The number of carbonyl (C=O) groups is 3. The molecule has 0 spiro atoms. The van der Waals surface area contributed by atoms with Crippen LogP contribution in [0.2, 0.25) is 0 Å². The van der Waals surface area contributed by atoms with Gasteiger partial charge in [0, 0.05) is 6.42 Å². The van der Waals surface area contributed by atoms with Crippen LogP contribution in [0.25, 0.3) is 0 Å². The van der Waals surface area contributed by atoms with E-state index in [1.165, 1.54) is 12.1 Å². The Labute approximate surface area is 214 Å². The highest BCUT2D eigenvalue weighted by molar-refractivity contribution is 6.03. The molecule has 0 saturated carbocycles. The van der Waals surface area contributed by atoms with Gasteiger partial charge in [0.05, 0.1) is 24.3 Å².